The summed E-state index contributed by atoms with van der Waals surface area (Å²) >= 11 is 3.45. The lowest BCUT2D eigenvalue weighted by atomic mass is 10.2. The Morgan fingerprint density at radius 1 is 0.957 bits per heavy atom. The van der Waals surface area contributed by atoms with Gasteiger partial charge >= 0.3 is 6.03 Å². The molecule has 120 valence electrons. The van der Waals surface area contributed by atoms with E-state index in [2.05, 4.69) is 38.3 Å². The first-order valence-corrected chi connectivity index (χ1v) is 8.54. The summed E-state index contributed by atoms with van der Waals surface area (Å²) in [7, 11) is 0. The molecule has 23 heavy (non-hydrogen) atoms. The van der Waals surface area contributed by atoms with Crippen molar-refractivity contribution in [3.05, 3.63) is 58.6 Å². The number of benzene rings is 2. The van der Waals surface area contributed by atoms with Gasteiger partial charge in [-0.1, -0.05) is 33.6 Å². The number of carbonyl (C=O) groups is 1. The fraction of sp³-hybridized carbons (Fsp3) is 0.278. The first-order valence-electron chi connectivity index (χ1n) is 7.75. The van der Waals surface area contributed by atoms with Gasteiger partial charge < -0.3 is 15.1 Å². The van der Waals surface area contributed by atoms with Crippen LogP contribution in [-0.2, 0) is 0 Å². The summed E-state index contributed by atoms with van der Waals surface area (Å²) in [5, 5.41) is 2.96. The van der Waals surface area contributed by atoms with Crippen LogP contribution in [0.2, 0.25) is 0 Å². The molecule has 0 bridgehead atoms. The second kappa shape index (κ2) is 7.04. The average molecular weight is 374 g/mol. The lowest BCUT2D eigenvalue weighted by Crippen LogP contribution is -2.50. The molecule has 0 atom stereocenters. The van der Waals surface area contributed by atoms with Crippen LogP contribution >= 0.6 is 15.9 Å². The molecule has 0 unspecified atom stereocenters. The predicted molar refractivity (Wildman–Crippen MR) is 98.1 cm³/mol. The molecular weight excluding hydrogens is 354 g/mol. The van der Waals surface area contributed by atoms with Gasteiger partial charge in [0.15, 0.2) is 0 Å². The maximum Gasteiger partial charge on any atom is 0.321 e. The fourth-order valence-corrected chi connectivity index (χ4v) is 2.92. The van der Waals surface area contributed by atoms with Gasteiger partial charge in [0.25, 0.3) is 0 Å². The van der Waals surface area contributed by atoms with Crippen LogP contribution in [0.25, 0.3) is 0 Å². The number of urea groups is 1. The van der Waals surface area contributed by atoms with Crippen LogP contribution in [-0.4, -0.2) is 37.1 Å². The zero-order valence-electron chi connectivity index (χ0n) is 13.1. The Kier molecular flexibility index (Phi) is 4.86. The van der Waals surface area contributed by atoms with E-state index in [0.29, 0.717) is 0 Å². The van der Waals surface area contributed by atoms with Crippen LogP contribution in [0.5, 0.6) is 0 Å². The molecular formula is C18H20BrN3O. The molecule has 1 saturated heterocycles. The molecule has 2 aromatic rings. The highest BCUT2D eigenvalue weighted by molar-refractivity contribution is 9.10. The first-order chi connectivity index (χ1) is 11.1. The third-order valence-corrected chi connectivity index (χ3v) is 4.59. The Balaban J connectivity index is 1.54. The highest BCUT2D eigenvalue weighted by Gasteiger charge is 2.21. The molecule has 0 aromatic heterocycles. The van der Waals surface area contributed by atoms with Crippen LogP contribution in [0.4, 0.5) is 16.2 Å². The highest BCUT2D eigenvalue weighted by atomic mass is 79.9. The average Bonchev–Trinajstić information content (AvgIpc) is 2.58. The minimum atomic E-state index is -0.0238. The fourth-order valence-electron chi connectivity index (χ4n) is 2.66. The summed E-state index contributed by atoms with van der Waals surface area (Å²) in [6, 6.07) is 16.2. The minimum Gasteiger partial charge on any atom is -0.368 e. The second-order valence-electron chi connectivity index (χ2n) is 5.75. The Labute approximate surface area is 145 Å². The summed E-state index contributed by atoms with van der Waals surface area (Å²) in [5.74, 6) is 0. The number of anilines is 2. The van der Waals surface area contributed by atoms with Crippen molar-refractivity contribution in [1.29, 1.82) is 0 Å². The SMILES string of the molecule is Cc1ccc(NC(=O)N2CCN(c3ccc(Br)cc3)CC2)cc1. The highest BCUT2D eigenvalue weighted by Crippen LogP contribution is 2.20. The van der Waals surface area contributed by atoms with E-state index in [1.807, 2.05) is 48.2 Å². The zero-order chi connectivity index (χ0) is 16.2. The van der Waals surface area contributed by atoms with Gasteiger partial charge in [0.05, 0.1) is 0 Å². The molecule has 1 heterocycles. The molecule has 1 fully saturated rings. The van der Waals surface area contributed by atoms with Gasteiger partial charge in [0.2, 0.25) is 0 Å². The molecule has 1 aliphatic heterocycles. The number of nitrogens with zero attached hydrogens (tertiary/aromatic N) is 2. The van der Waals surface area contributed by atoms with Gasteiger partial charge in [-0.25, -0.2) is 4.79 Å². The number of hydrogen-bond donors (Lipinski definition) is 1. The Morgan fingerprint density at radius 2 is 1.57 bits per heavy atom. The lowest BCUT2D eigenvalue weighted by Gasteiger charge is -2.36. The maximum absolute atomic E-state index is 12.3. The Hall–Kier alpha value is -2.01. The summed E-state index contributed by atoms with van der Waals surface area (Å²) in [4.78, 5) is 16.5. The van der Waals surface area contributed by atoms with E-state index in [1.165, 1.54) is 11.3 Å². The van der Waals surface area contributed by atoms with Crippen molar-refractivity contribution < 1.29 is 4.79 Å². The third kappa shape index (κ3) is 4.05. The molecule has 1 N–H and O–H groups in total. The molecule has 1 aliphatic rings. The number of rotatable bonds is 2. The normalized spacial score (nSPS) is 14.7. The van der Waals surface area contributed by atoms with E-state index in [1.54, 1.807) is 0 Å². The number of carbonyl (C=O) groups excluding carboxylic acids is 1. The topological polar surface area (TPSA) is 35.6 Å². The zero-order valence-corrected chi connectivity index (χ0v) is 14.7. The molecule has 3 rings (SSSR count). The molecule has 0 spiro atoms. The second-order valence-corrected chi connectivity index (χ2v) is 6.66. The number of hydrogen-bond acceptors (Lipinski definition) is 2. The van der Waals surface area contributed by atoms with E-state index < -0.39 is 0 Å². The smallest absolute Gasteiger partial charge is 0.321 e. The van der Waals surface area contributed by atoms with Crippen LogP contribution < -0.4 is 10.2 Å². The van der Waals surface area contributed by atoms with E-state index in [4.69, 9.17) is 0 Å². The van der Waals surface area contributed by atoms with Gasteiger partial charge in [-0.3, -0.25) is 0 Å². The molecule has 0 aliphatic carbocycles. The van der Waals surface area contributed by atoms with Crippen molar-refractivity contribution in [2.75, 3.05) is 36.4 Å². The molecule has 2 aromatic carbocycles. The van der Waals surface area contributed by atoms with Gasteiger partial charge in [-0.15, -0.1) is 0 Å². The van der Waals surface area contributed by atoms with E-state index in [0.717, 1.165) is 36.3 Å². The van der Waals surface area contributed by atoms with Crippen molar-refractivity contribution in [2.24, 2.45) is 0 Å². The molecule has 5 heteroatoms. The Morgan fingerprint density at radius 3 is 2.17 bits per heavy atom. The summed E-state index contributed by atoms with van der Waals surface area (Å²) in [6.07, 6.45) is 0. The largest absolute Gasteiger partial charge is 0.368 e. The van der Waals surface area contributed by atoms with Crippen LogP contribution in [0.15, 0.2) is 53.0 Å². The minimum absolute atomic E-state index is 0.0238. The van der Waals surface area contributed by atoms with Gasteiger partial charge in [0.1, 0.15) is 0 Å². The van der Waals surface area contributed by atoms with Crippen molar-refractivity contribution in [2.45, 2.75) is 6.92 Å². The van der Waals surface area contributed by atoms with E-state index in [-0.39, 0.29) is 6.03 Å². The van der Waals surface area contributed by atoms with Gasteiger partial charge in [-0.2, -0.15) is 0 Å². The van der Waals surface area contributed by atoms with Gasteiger partial charge in [-0.05, 0) is 43.3 Å². The molecule has 0 saturated carbocycles. The lowest BCUT2D eigenvalue weighted by molar-refractivity contribution is 0.208. The summed E-state index contributed by atoms with van der Waals surface area (Å²) in [6.45, 7) is 5.19. The van der Waals surface area contributed by atoms with Crippen molar-refractivity contribution in [3.63, 3.8) is 0 Å². The first kappa shape index (κ1) is 15.9. The summed E-state index contributed by atoms with van der Waals surface area (Å²) in [5.41, 5.74) is 3.23. The molecule has 4 nitrogen and oxygen atoms in total. The summed E-state index contributed by atoms with van der Waals surface area (Å²) < 4.78 is 1.08. The van der Waals surface area contributed by atoms with Crippen LogP contribution in [0, 0.1) is 6.92 Å². The van der Waals surface area contributed by atoms with Crippen LogP contribution in [0.3, 0.4) is 0 Å². The number of aryl methyl sites for hydroxylation is 1. The maximum atomic E-state index is 12.3. The quantitative estimate of drug-likeness (QED) is 0.859. The Bertz CT molecular complexity index is 662. The van der Waals surface area contributed by atoms with E-state index >= 15 is 0 Å². The molecule has 2 amide bonds. The number of piperazine rings is 1. The van der Waals surface area contributed by atoms with Crippen molar-refractivity contribution >= 4 is 33.3 Å². The number of halogens is 1. The van der Waals surface area contributed by atoms with Crippen molar-refractivity contribution in [1.82, 2.24) is 4.90 Å². The van der Waals surface area contributed by atoms with Crippen LogP contribution in [0.1, 0.15) is 5.56 Å². The number of amides is 2. The number of nitrogens with one attached hydrogen (secondary N) is 1. The van der Waals surface area contributed by atoms with E-state index in [9.17, 15) is 4.79 Å². The standard InChI is InChI=1S/C18H20BrN3O/c1-14-2-6-16(7-3-14)20-18(23)22-12-10-21(11-13-22)17-8-4-15(19)5-9-17/h2-9H,10-13H2,1H3,(H,20,23). The van der Waals surface area contributed by atoms with Gasteiger partial charge in [0, 0.05) is 42.0 Å². The monoisotopic (exact) mass is 373 g/mol. The third-order valence-electron chi connectivity index (χ3n) is 4.06. The molecule has 0 radical (unpaired) electrons. The van der Waals surface area contributed by atoms with Crippen molar-refractivity contribution in [3.8, 4) is 0 Å². The predicted octanol–water partition coefficient (Wildman–Crippen LogP) is 4.11.